The van der Waals surface area contributed by atoms with Gasteiger partial charge in [0.1, 0.15) is 18.2 Å². The van der Waals surface area contributed by atoms with Gasteiger partial charge in [-0.15, -0.1) is 0 Å². The molecule has 0 aromatic heterocycles. The molecule has 1 amide bonds. The SMILES string of the molecule is CN(CCOc1ccc(F)cc1)C(=O)c1cc(S(C)(=O)=O)ccc1Cl. The average Bonchev–Trinajstić information content (AvgIpc) is 2.55. The number of nitrogens with zero attached hydrogens (tertiary/aromatic N) is 1. The van der Waals surface area contributed by atoms with Crippen molar-refractivity contribution in [3.05, 3.63) is 58.9 Å². The van der Waals surface area contributed by atoms with E-state index in [9.17, 15) is 17.6 Å². The molecule has 0 saturated carbocycles. The van der Waals surface area contributed by atoms with Crippen LogP contribution in [0.1, 0.15) is 10.4 Å². The van der Waals surface area contributed by atoms with Crippen LogP contribution in [0.2, 0.25) is 5.02 Å². The lowest BCUT2D eigenvalue weighted by molar-refractivity contribution is 0.0773. The van der Waals surface area contributed by atoms with Gasteiger partial charge in [-0.05, 0) is 42.5 Å². The Labute approximate surface area is 150 Å². The molecule has 0 spiro atoms. The number of hydrogen-bond donors (Lipinski definition) is 0. The maximum atomic E-state index is 12.8. The van der Waals surface area contributed by atoms with Crippen LogP contribution in [0.25, 0.3) is 0 Å². The largest absolute Gasteiger partial charge is 0.492 e. The fourth-order valence-corrected chi connectivity index (χ4v) is 2.88. The maximum Gasteiger partial charge on any atom is 0.255 e. The molecule has 2 rings (SSSR count). The zero-order valence-corrected chi connectivity index (χ0v) is 15.3. The lowest BCUT2D eigenvalue weighted by Crippen LogP contribution is -2.31. The maximum absolute atomic E-state index is 12.8. The van der Waals surface area contributed by atoms with E-state index in [-0.39, 0.29) is 34.5 Å². The van der Waals surface area contributed by atoms with Crippen molar-refractivity contribution in [2.75, 3.05) is 26.5 Å². The Morgan fingerprint density at radius 1 is 1.20 bits per heavy atom. The van der Waals surface area contributed by atoms with Crippen molar-refractivity contribution < 1.29 is 22.3 Å². The highest BCUT2D eigenvalue weighted by Gasteiger charge is 2.18. The number of carbonyl (C=O) groups excluding carboxylic acids is 1. The Balaban J connectivity index is 2.03. The predicted octanol–water partition coefficient (Wildman–Crippen LogP) is 3.03. The zero-order chi connectivity index (χ0) is 18.6. The van der Waals surface area contributed by atoms with Crippen molar-refractivity contribution >= 4 is 27.3 Å². The molecule has 134 valence electrons. The van der Waals surface area contributed by atoms with E-state index < -0.39 is 15.7 Å². The summed E-state index contributed by atoms with van der Waals surface area (Å²) in [6.45, 7) is 0.437. The van der Waals surface area contributed by atoms with E-state index in [0.29, 0.717) is 5.75 Å². The minimum absolute atomic E-state index is 0.0243. The summed E-state index contributed by atoms with van der Waals surface area (Å²) in [5.74, 6) is -0.294. The van der Waals surface area contributed by atoms with Crippen molar-refractivity contribution in [3.63, 3.8) is 0 Å². The predicted molar refractivity (Wildman–Crippen MR) is 93.4 cm³/mol. The quantitative estimate of drug-likeness (QED) is 0.766. The number of hydrogen-bond acceptors (Lipinski definition) is 4. The third-order valence-electron chi connectivity index (χ3n) is 3.45. The number of sulfone groups is 1. The summed E-state index contributed by atoms with van der Waals surface area (Å²) < 4.78 is 41.5. The first-order chi connectivity index (χ1) is 11.7. The number of halogens is 2. The fraction of sp³-hybridized carbons (Fsp3) is 0.235. The highest BCUT2D eigenvalue weighted by Crippen LogP contribution is 2.22. The Morgan fingerprint density at radius 3 is 2.44 bits per heavy atom. The molecule has 8 heteroatoms. The summed E-state index contributed by atoms with van der Waals surface area (Å²) in [6, 6.07) is 9.53. The smallest absolute Gasteiger partial charge is 0.255 e. The van der Waals surface area contributed by atoms with Gasteiger partial charge in [0.15, 0.2) is 9.84 Å². The van der Waals surface area contributed by atoms with Gasteiger partial charge in [0.05, 0.1) is 22.0 Å². The van der Waals surface area contributed by atoms with E-state index in [4.69, 9.17) is 16.3 Å². The number of carbonyl (C=O) groups is 1. The summed E-state index contributed by atoms with van der Waals surface area (Å²) in [5.41, 5.74) is 0.105. The second-order valence-corrected chi connectivity index (χ2v) is 7.87. The normalized spacial score (nSPS) is 11.2. The molecule has 0 radical (unpaired) electrons. The minimum atomic E-state index is -3.44. The van der Waals surface area contributed by atoms with Crippen LogP contribution in [0, 0.1) is 5.82 Å². The van der Waals surface area contributed by atoms with Crippen molar-refractivity contribution in [2.45, 2.75) is 4.90 Å². The Morgan fingerprint density at radius 2 is 1.84 bits per heavy atom. The molecule has 2 aromatic carbocycles. The molecule has 0 heterocycles. The lowest BCUT2D eigenvalue weighted by atomic mass is 10.2. The molecule has 0 saturated heterocycles. The average molecular weight is 386 g/mol. The number of likely N-dealkylation sites (N-methyl/N-ethyl adjacent to an activating group) is 1. The zero-order valence-electron chi connectivity index (χ0n) is 13.7. The van der Waals surface area contributed by atoms with Crippen LogP contribution in [0.3, 0.4) is 0 Å². The fourth-order valence-electron chi connectivity index (χ4n) is 2.04. The molecule has 25 heavy (non-hydrogen) atoms. The van der Waals surface area contributed by atoms with Crippen molar-refractivity contribution in [2.24, 2.45) is 0 Å². The molecule has 0 atom stereocenters. The molecule has 0 N–H and O–H groups in total. The molecule has 0 aliphatic rings. The van der Waals surface area contributed by atoms with Gasteiger partial charge in [-0.1, -0.05) is 11.6 Å². The van der Waals surface area contributed by atoms with Crippen LogP contribution in [0.15, 0.2) is 47.4 Å². The van der Waals surface area contributed by atoms with E-state index in [0.717, 1.165) is 6.26 Å². The standard InChI is InChI=1S/C17H17ClFNO4S/c1-20(9-10-24-13-5-3-12(19)4-6-13)17(21)15-11-14(25(2,22)23)7-8-16(15)18/h3-8,11H,9-10H2,1-2H3. The first-order valence-corrected chi connectivity index (χ1v) is 9.59. The minimum Gasteiger partial charge on any atom is -0.492 e. The molecular weight excluding hydrogens is 369 g/mol. The van der Waals surface area contributed by atoms with Gasteiger partial charge < -0.3 is 9.64 Å². The molecule has 0 bridgehead atoms. The van der Waals surface area contributed by atoms with Gasteiger partial charge in [0.25, 0.3) is 5.91 Å². The van der Waals surface area contributed by atoms with E-state index in [1.807, 2.05) is 0 Å². The summed E-state index contributed by atoms with van der Waals surface area (Å²) >= 11 is 6.02. The third-order valence-corrected chi connectivity index (χ3v) is 4.89. The third kappa shape index (κ3) is 5.17. The molecule has 2 aromatic rings. The lowest BCUT2D eigenvalue weighted by Gasteiger charge is -2.18. The molecule has 0 fully saturated rings. The van der Waals surface area contributed by atoms with Gasteiger partial charge in [0, 0.05) is 13.3 Å². The van der Waals surface area contributed by atoms with Gasteiger partial charge in [-0.3, -0.25) is 4.79 Å². The topological polar surface area (TPSA) is 63.7 Å². The number of amides is 1. The van der Waals surface area contributed by atoms with Crippen LogP contribution in [0.4, 0.5) is 4.39 Å². The van der Waals surface area contributed by atoms with Gasteiger partial charge in [-0.25, -0.2) is 12.8 Å². The first kappa shape index (κ1) is 19.2. The highest BCUT2D eigenvalue weighted by atomic mass is 35.5. The van der Waals surface area contributed by atoms with Crippen LogP contribution in [-0.4, -0.2) is 45.7 Å². The van der Waals surface area contributed by atoms with Crippen LogP contribution in [-0.2, 0) is 9.84 Å². The molecule has 0 unspecified atom stereocenters. The molecule has 0 aliphatic carbocycles. The van der Waals surface area contributed by atoms with Gasteiger partial charge >= 0.3 is 0 Å². The number of rotatable bonds is 6. The second kappa shape index (κ2) is 7.84. The first-order valence-electron chi connectivity index (χ1n) is 7.32. The number of benzene rings is 2. The van der Waals surface area contributed by atoms with Gasteiger partial charge in [0.2, 0.25) is 0 Å². The van der Waals surface area contributed by atoms with E-state index in [1.165, 1.54) is 47.4 Å². The van der Waals surface area contributed by atoms with Crippen LogP contribution in [0.5, 0.6) is 5.75 Å². The summed E-state index contributed by atoms with van der Waals surface area (Å²) in [4.78, 5) is 13.9. The Bertz CT molecular complexity index is 869. The molecular formula is C17H17ClFNO4S. The van der Waals surface area contributed by atoms with Crippen molar-refractivity contribution in [3.8, 4) is 5.75 Å². The highest BCUT2D eigenvalue weighted by molar-refractivity contribution is 7.90. The second-order valence-electron chi connectivity index (χ2n) is 5.44. The summed E-state index contributed by atoms with van der Waals surface area (Å²) in [5, 5.41) is 0.170. The summed E-state index contributed by atoms with van der Waals surface area (Å²) in [7, 11) is -1.89. The summed E-state index contributed by atoms with van der Waals surface area (Å²) in [6.07, 6.45) is 1.06. The number of ether oxygens (including phenoxy) is 1. The molecule has 5 nitrogen and oxygen atoms in total. The van der Waals surface area contributed by atoms with E-state index in [2.05, 4.69) is 0 Å². The van der Waals surface area contributed by atoms with E-state index >= 15 is 0 Å². The van der Waals surface area contributed by atoms with Crippen LogP contribution >= 0.6 is 11.6 Å². The van der Waals surface area contributed by atoms with Gasteiger partial charge in [-0.2, -0.15) is 0 Å². The van der Waals surface area contributed by atoms with Crippen LogP contribution < -0.4 is 4.74 Å². The Hall–Kier alpha value is -2.12. The molecule has 0 aliphatic heterocycles. The van der Waals surface area contributed by atoms with E-state index in [1.54, 1.807) is 7.05 Å². The van der Waals surface area contributed by atoms with Crippen molar-refractivity contribution in [1.82, 2.24) is 4.90 Å². The Kier molecular flexibility index (Phi) is 6.02. The van der Waals surface area contributed by atoms with Crippen molar-refractivity contribution in [1.29, 1.82) is 0 Å². The monoisotopic (exact) mass is 385 g/mol.